The molecule has 2 rings (SSSR count). The maximum absolute atomic E-state index is 12.7. The Labute approximate surface area is 128 Å². The normalized spacial score (nSPS) is 11.1. The number of hydrogen-bond donors (Lipinski definition) is 0. The summed E-state index contributed by atoms with van der Waals surface area (Å²) in [4.78, 5) is 0. The Kier molecular flexibility index (Phi) is 4.57. The fourth-order valence-corrected chi connectivity index (χ4v) is 2.43. The highest BCUT2D eigenvalue weighted by atomic mass is 35.5. The van der Waals surface area contributed by atoms with Gasteiger partial charge in [-0.3, -0.25) is 0 Å². The molecule has 0 amide bonds. The summed E-state index contributed by atoms with van der Waals surface area (Å²) in [6.07, 6.45) is -2.57. The van der Waals surface area contributed by atoms with Crippen LogP contribution >= 0.6 is 46.4 Å². The van der Waals surface area contributed by atoms with E-state index in [1.807, 2.05) is 0 Å². The Morgan fingerprint density at radius 2 is 1.37 bits per heavy atom. The highest BCUT2D eigenvalue weighted by Crippen LogP contribution is 2.38. The quantitative estimate of drug-likeness (QED) is 0.521. The molecule has 0 aliphatic rings. The van der Waals surface area contributed by atoms with Gasteiger partial charge in [0.15, 0.2) is 0 Å². The first-order valence-electron chi connectivity index (χ1n) is 5.12. The Morgan fingerprint density at radius 3 is 1.89 bits per heavy atom. The molecule has 19 heavy (non-hydrogen) atoms. The first-order chi connectivity index (χ1) is 8.90. The average Bonchev–Trinajstić information content (AvgIpc) is 2.35. The molecule has 100 valence electrons. The molecule has 6 heteroatoms. The zero-order chi connectivity index (χ0) is 14.2. The van der Waals surface area contributed by atoms with Crippen molar-refractivity contribution in [3.8, 4) is 11.1 Å². The van der Waals surface area contributed by atoms with E-state index in [-0.39, 0.29) is 20.6 Å². The molecule has 0 fully saturated rings. The summed E-state index contributed by atoms with van der Waals surface area (Å²) in [5.41, 5.74) is 0.841. The molecule has 0 heterocycles. The Morgan fingerprint density at radius 1 is 0.789 bits per heavy atom. The van der Waals surface area contributed by atoms with Crippen LogP contribution in [0.2, 0.25) is 20.1 Å². The molecule has 0 N–H and O–H groups in total. The second-order valence-corrected chi connectivity index (χ2v) is 5.39. The standard InChI is InChI=1S/C13H6Cl4F2/c14-9-2-1-6(13(18)19)3-8(9)7-4-10(15)12(17)11(16)5-7/h1-5,13H. The summed E-state index contributed by atoms with van der Waals surface area (Å²) in [5, 5.41) is 1.03. The van der Waals surface area contributed by atoms with E-state index in [1.54, 1.807) is 0 Å². The molecule has 0 atom stereocenters. The number of benzene rings is 2. The predicted molar refractivity (Wildman–Crippen MR) is 76.9 cm³/mol. The van der Waals surface area contributed by atoms with Crippen molar-refractivity contribution in [1.29, 1.82) is 0 Å². The molecule has 0 spiro atoms. The molecule has 0 aliphatic heterocycles. The minimum absolute atomic E-state index is 0.124. The van der Waals surface area contributed by atoms with Gasteiger partial charge in [-0.25, -0.2) is 8.78 Å². The van der Waals surface area contributed by atoms with E-state index < -0.39 is 6.43 Å². The van der Waals surface area contributed by atoms with Crippen molar-refractivity contribution in [2.45, 2.75) is 6.43 Å². The van der Waals surface area contributed by atoms with Crippen LogP contribution in [-0.4, -0.2) is 0 Å². The van der Waals surface area contributed by atoms with E-state index >= 15 is 0 Å². The lowest BCUT2D eigenvalue weighted by Crippen LogP contribution is -1.88. The zero-order valence-electron chi connectivity index (χ0n) is 9.23. The summed E-state index contributed by atoms with van der Waals surface area (Å²) in [6.45, 7) is 0. The third kappa shape index (κ3) is 3.14. The number of alkyl halides is 2. The zero-order valence-corrected chi connectivity index (χ0v) is 12.3. The maximum atomic E-state index is 12.7. The molecule has 2 aromatic carbocycles. The third-order valence-corrected chi connectivity index (χ3v) is 4.06. The first kappa shape index (κ1) is 14.9. The van der Waals surface area contributed by atoms with Gasteiger partial charge in [-0.05, 0) is 29.8 Å². The lowest BCUT2D eigenvalue weighted by molar-refractivity contribution is 0.151. The summed E-state index contributed by atoms with van der Waals surface area (Å²) >= 11 is 23.7. The molecular formula is C13H6Cl4F2. The van der Waals surface area contributed by atoms with E-state index in [4.69, 9.17) is 46.4 Å². The first-order valence-corrected chi connectivity index (χ1v) is 6.64. The third-order valence-electron chi connectivity index (χ3n) is 2.54. The molecular weight excluding hydrogens is 336 g/mol. The van der Waals surface area contributed by atoms with Gasteiger partial charge in [-0.2, -0.15) is 0 Å². The molecule has 0 aromatic heterocycles. The summed E-state index contributed by atoms with van der Waals surface area (Å²) in [5.74, 6) is 0. The van der Waals surface area contributed by atoms with Crippen molar-refractivity contribution < 1.29 is 8.78 Å². The van der Waals surface area contributed by atoms with E-state index in [0.29, 0.717) is 16.1 Å². The van der Waals surface area contributed by atoms with Crippen LogP contribution in [0, 0.1) is 0 Å². The molecule has 0 radical (unpaired) electrons. The molecule has 0 saturated heterocycles. The SMILES string of the molecule is FC(F)c1ccc(Cl)c(-c2cc(Cl)c(Cl)c(Cl)c2)c1. The van der Waals surface area contributed by atoms with Crippen LogP contribution in [0.5, 0.6) is 0 Å². The van der Waals surface area contributed by atoms with Gasteiger partial charge in [0.25, 0.3) is 6.43 Å². The average molecular weight is 342 g/mol. The highest BCUT2D eigenvalue weighted by Gasteiger charge is 2.13. The Balaban J connectivity index is 2.61. The van der Waals surface area contributed by atoms with E-state index in [1.165, 1.54) is 30.3 Å². The fourth-order valence-electron chi connectivity index (χ4n) is 1.61. The van der Waals surface area contributed by atoms with Crippen molar-refractivity contribution >= 4 is 46.4 Å². The van der Waals surface area contributed by atoms with E-state index in [0.717, 1.165) is 0 Å². The lowest BCUT2D eigenvalue weighted by Gasteiger charge is -2.09. The summed E-state index contributed by atoms with van der Waals surface area (Å²) in [6, 6.07) is 7.06. The van der Waals surface area contributed by atoms with Gasteiger partial charge in [0.05, 0.1) is 15.1 Å². The molecule has 2 aromatic rings. The Hall–Kier alpha value is -0.540. The second-order valence-electron chi connectivity index (χ2n) is 3.79. The van der Waals surface area contributed by atoms with Gasteiger partial charge >= 0.3 is 0 Å². The summed E-state index contributed by atoms with van der Waals surface area (Å²) in [7, 11) is 0. The van der Waals surface area contributed by atoms with Crippen molar-refractivity contribution in [2.75, 3.05) is 0 Å². The van der Waals surface area contributed by atoms with Gasteiger partial charge in [0.2, 0.25) is 0 Å². The monoisotopic (exact) mass is 340 g/mol. The van der Waals surface area contributed by atoms with Gasteiger partial charge in [-0.1, -0.05) is 52.5 Å². The largest absolute Gasteiger partial charge is 0.263 e. The molecule has 0 bridgehead atoms. The smallest absolute Gasteiger partial charge is 0.205 e. The second kappa shape index (κ2) is 5.84. The fraction of sp³-hybridized carbons (Fsp3) is 0.0769. The Bertz CT molecular complexity index is 603. The van der Waals surface area contributed by atoms with Crippen LogP contribution in [0.4, 0.5) is 8.78 Å². The van der Waals surface area contributed by atoms with Gasteiger partial charge in [0.1, 0.15) is 0 Å². The molecule has 0 unspecified atom stereocenters. The highest BCUT2D eigenvalue weighted by molar-refractivity contribution is 6.48. The van der Waals surface area contributed by atoms with Crippen molar-refractivity contribution in [3.63, 3.8) is 0 Å². The van der Waals surface area contributed by atoms with Crippen LogP contribution in [0.1, 0.15) is 12.0 Å². The minimum Gasteiger partial charge on any atom is -0.205 e. The van der Waals surface area contributed by atoms with Crippen molar-refractivity contribution in [1.82, 2.24) is 0 Å². The van der Waals surface area contributed by atoms with Crippen LogP contribution in [0.15, 0.2) is 30.3 Å². The van der Waals surface area contributed by atoms with Gasteiger partial charge < -0.3 is 0 Å². The van der Waals surface area contributed by atoms with Crippen molar-refractivity contribution in [3.05, 3.63) is 56.0 Å². The lowest BCUT2D eigenvalue weighted by atomic mass is 10.0. The van der Waals surface area contributed by atoms with Gasteiger partial charge in [0, 0.05) is 16.1 Å². The van der Waals surface area contributed by atoms with E-state index in [2.05, 4.69) is 0 Å². The minimum atomic E-state index is -2.57. The number of hydrogen-bond acceptors (Lipinski definition) is 0. The van der Waals surface area contributed by atoms with E-state index in [9.17, 15) is 8.78 Å². The summed E-state index contributed by atoms with van der Waals surface area (Å²) < 4.78 is 25.4. The van der Waals surface area contributed by atoms with Crippen LogP contribution in [0.25, 0.3) is 11.1 Å². The topological polar surface area (TPSA) is 0 Å². The maximum Gasteiger partial charge on any atom is 0.263 e. The van der Waals surface area contributed by atoms with Gasteiger partial charge in [-0.15, -0.1) is 0 Å². The van der Waals surface area contributed by atoms with Crippen LogP contribution < -0.4 is 0 Å². The van der Waals surface area contributed by atoms with Crippen LogP contribution in [0.3, 0.4) is 0 Å². The number of halogens is 6. The number of rotatable bonds is 2. The predicted octanol–water partition coefficient (Wildman–Crippen LogP) is 6.90. The van der Waals surface area contributed by atoms with Crippen LogP contribution in [-0.2, 0) is 0 Å². The molecule has 0 aliphatic carbocycles. The molecule has 0 saturated carbocycles. The molecule has 0 nitrogen and oxygen atoms in total. The van der Waals surface area contributed by atoms with Crippen molar-refractivity contribution in [2.24, 2.45) is 0 Å².